The molecule has 1 aromatic heterocycles. The van der Waals surface area contributed by atoms with Crippen molar-refractivity contribution in [3.8, 4) is 0 Å². The Morgan fingerprint density at radius 1 is 1.43 bits per heavy atom. The number of benzene rings is 1. The van der Waals surface area contributed by atoms with Gasteiger partial charge in [0.1, 0.15) is 0 Å². The van der Waals surface area contributed by atoms with Gasteiger partial charge in [-0.15, -0.1) is 11.3 Å². The summed E-state index contributed by atoms with van der Waals surface area (Å²) in [5.41, 5.74) is 1.89. The first-order valence-electron chi connectivity index (χ1n) is 7.35. The number of fused-ring (bicyclic) bond motifs is 1. The summed E-state index contributed by atoms with van der Waals surface area (Å²) in [6, 6.07) is 8.39. The van der Waals surface area contributed by atoms with Gasteiger partial charge in [-0.1, -0.05) is 12.1 Å². The average Bonchev–Trinajstić information content (AvgIpc) is 3.03. The molecule has 2 heterocycles. The quantitative estimate of drug-likeness (QED) is 0.489. The lowest BCUT2D eigenvalue weighted by molar-refractivity contribution is -0.384. The Morgan fingerprint density at radius 2 is 2.26 bits per heavy atom. The highest BCUT2D eigenvalue weighted by atomic mass is 32.1. The standard InChI is InChI=1S/C17H16N2O3S/c1-12-15-8-10-23-16(15)7-9-18(12)17(20)6-5-13-3-2-4-14(11-13)19(21)22/h2-6,8,10-12H,7,9H2,1H3/b6-5+/t12-/m1/s1. The summed E-state index contributed by atoms with van der Waals surface area (Å²) in [7, 11) is 0. The van der Waals surface area contributed by atoms with Crippen molar-refractivity contribution in [2.24, 2.45) is 0 Å². The molecule has 1 amide bonds. The highest BCUT2D eigenvalue weighted by Gasteiger charge is 2.26. The molecule has 0 aliphatic carbocycles. The first-order valence-corrected chi connectivity index (χ1v) is 8.23. The van der Waals surface area contributed by atoms with Crippen molar-refractivity contribution in [1.29, 1.82) is 0 Å². The highest BCUT2D eigenvalue weighted by molar-refractivity contribution is 7.10. The van der Waals surface area contributed by atoms with Gasteiger partial charge in [-0.2, -0.15) is 0 Å². The molecular weight excluding hydrogens is 312 g/mol. The molecule has 23 heavy (non-hydrogen) atoms. The predicted octanol–water partition coefficient (Wildman–Crippen LogP) is 3.82. The van der Waals surface area contributed by atoms with E-state index in [1.165, 1.54) is 28.6 Å². The van der Waals surface area contributed by atoms with Crippen LogP contribution in [0.5, 0.6) is 0 Å². The predicted molar refractivity (Wildman–Crippen MR) is 90.3 cm³/mol. The van der Waals surface area contributed by atoms with Gasteiger partial charge in [0.15, 0.2) is 0 Å². The third kappa shape index (κ3) is 3.17. The second-order valence-corrected chi connectivity index (χ2v) is 6.44. The van der Waals surface area contributed by atoms with Crippen LogP contribution in [0.4, 0.5) is 5.69 Å². The van der Waals surface area contributed by atoms with Crippen LogP contribution < -0.4 is 0 Å². The number of carbonyl (C=O) groups excluding carboxylic acids is 1. The number of carbonyl (C=O) groups is 1. The Kier molecular flexibility index (Phi) is 4.25. The van der Waals surface area contributed by atoms with Crippen molar-refractivity contribution in [1.82, 2.24) is 4.90 Å². The molecule has 0 radical (unpaired) electrons. The van der Waals surface area contributed by atoms with E-state index in [-0.39, 0.29) is 17.6 Å². The van der Waals surface area contributed by atoms with Gasteiger partial charge in [0.25, 0.3) is 5.69 Å². The third-order valence-corrected chi connectivity index (χ3v) is 5.06. The second-order valence-electron chi connectivity index (χ2n) is 5.44. The fourth-order valence-electron chi connectivity index (χ4n) is 2.82. The summed E-state index contributed by atoms with van der Waals surface area (Å²) < 4.78 is 0. The summed E-state index contributed by atoms with van der Waals surface area (Å²) in [6.07, 6.45) is 4.01. The van der Waals surface area contributed by atoms with Crippen LogP contribution in [0.2, 0.25) is 0 Å². The van der Waals surface area contributed by atoms with Crippen molar-refractivity contribution in [3.63, 3.8) is 0 Å². The Hall–Kier alpha value is -2.47. The second kappa shape index (κ2) is 6.34. The van der Waals surface area contributed by atoms with Crippen LogP contribution in [0.3, 0.4) is 0 Å². The summed E-state index contributed by atoms with van der Waals surface area (Å²) >= 11 is 1.74. The molecule has 0 spiro atoms. The molecule has 2 aromatic rings. The van der Waals surface area contributed by atoms with E-state index in [0.717, 1.165) is 6.42 Å². The lowest BCUT2D eigenvalue weighted by Crippen LogP contribution is -2.37. The zero-order valence-electron chi connectivity index (χ0n) is 12.6. The molecule has 0 fully saturated rings. The van der Waals surface area contributed by atoms with Crippen LogP contribution in [-0.4, -0.2) is 22.3 Å². The maximum atomic E-state index is 12.4. The van der Waals surface area contributed by atoms with Gasteiger partial charge in [0, 0.05) is 29.6 Å². The lowest BCUT2D eigenvalue weighted by atomic mass is 10.0. The van der Waals surface area contributed by atoms with Crippen LogP contribution >= 0.6 is 11.3 Å². The molecule has 3 rings (SSSR count). The van der Waals surface area contributed by atoms with Crippen molar-refractivity contribution in [2.45, 2.75) is 19.4 Å². The van der Waals surface area contributed by atoms with Gasteiger partial charge in [-0.25, -0.2) is 0 Å². The summed E-state index contributed by atoms with van der Waals surface area (Å²) in [4.78, 5) is 26.0. The topological polar surface area (TPSA) is 63.5 Å². The Bertz CT molecular complexity index is 782. The van der Waals surface area contributed by atoms with Gasteiger partial charge in [-0.3, -0.25) is 14.9 Å². The number of nitro benzene ring substituents is 1. The average molecular weight is 328 g/mol. The number of non-ortho nitro benzene ring substituents is 1. The van der Waals surface area contributed by atoms with E-state index in [0.29, 0.717) is 12.1 Å². The fraction of sp³-hybridized carbons (Fsp3) is 0.235. The summed E-state index contributed by atoms with van der Waals surface area (Å²) in [6.45, 7) is 2.73. The molecular formula is C17H16N2O3S. The van der Waals surface area contributed by atoms with Crippen molar-refractivity contribution >= 4 is 29.0 Å². The Balaban J connectivity index is 1.75. The largest absolute Gasteiger partial charge is 0.332 e. The smallest absolute Gasteiger partial charge is 0.270 e. The molecule has 118 valence electrons. The minimum Gasteiger partial charge on any atom is -0.332 e. The minimum absolute atomic E-state index is 0.0221. The maximum absolute atomic E-state index is 12.4. The van der Waals surface area contributed by atoms with Gasteiger partial charge in [0.05, 0.1) is 11.0 Å². The summed E-state index contributed by atoms with van der Waals surface area (Å²) in [5.74, 6) is -0.0687. The van der Waals surface area contributed by atoms with E-state index in [2.05, 4.69) is 11.4 Å². The zero-order valence-corrected chi connectivity index (χ0v) is 13.5. The molecule has 1 aliphatic rings. The van der Waals surface area contributed by atoms with Crippen LogP contribution in [0, 0.1) is 10.1 Å². The minimum atomic E-state index is -0.441. The number of thiophene rings is 1. The normalized spacial score (nSPS) is 17.3. The Labute approximate surface area is 138 Å². The van der Waals surface area contributed by atoms with Crippen molar-refractivity contribution in [2.75, 3.05) is 6.54 Å². The van der Waals surface area contributed by atoms with Crippen LogP contribution in [0.1, 0.15) is 29.0 Å². The van der Waals surface area contributed by atoms with E-state index >= 15 is 0 Å². The lowest BCUT2D eigenvalue weighted by Gasteiger charge is -2.32. The first kappa shape index (κ1) is 15.4. The number of hydrogen-bond acceptors (Lipinski definition) is 4. The van der Waals surface area contributed by atoms with Crippen LogP contribution in [-0.2, 0) is 11.2 Å². The molecule has 0 unspecified atom stereocenters. The Morgan fingerprint density at radius 3 is 3.04 bits per heavy atom. The number of nitrogens with zero attached hydrogens (tertiary/aromatic N) is 2. The van der Waals surface area contributed by atoms with Crippen LogP contribution in [0.25, 0.3) is 6.08 Å². The van der Waals surface area contributed by atoms with E-state index < -0.39 is 4.92 Å². The molecule has 5 nitrogen and oxygen atoms in total. The zero-order chi connectivity index (χ0) is 16.4. The molecule has 0 bridgehead atoms. The molecule has 0 N–H and O–H groups in total. The van der Waals surface area contributed by atoms with Gasteiger partial charge in [0.2, 0.25) is 5.91 Å². The van der Waals surface area contributed by atoms with Crippen LogP contribution in [0.15, 0.2) is 41.8 Å². The van der Waals surface area contributed by atoms with E-state index in [4.69, 9.17) is 0 Å². The van der Waals surface area contributed by atoms with E-state index in [9.17, 15) is 14.9 Å². The summed E-state index contributed by atoms with van der Waals surface area (Å²) in [5, 5.41) is 12.8. The molecule has 1 aliphatic heterocycles. The molecule has 1 atom stereocenters. The maximum Gasteiger partial charge on any atom is 0.270 e. The van der Waals surface area contributed by atoms with Gasteiger partial charge >= 0.3 is 0 Å². The van der Waals surface area contributed by atoms with Gasteiger partial charge in [-0.05, 0) is 42.0 Å². The SMILES string of the molecule is C[C@@H]1c2ccsc2CCN1C(=O)/C=C/c1cccc([N+](=O)[O-])c1. The number of nitro groups is 1. The fourth-order valence-corrected chi connectivity index (χ4v) is 3.78. The first-order chi connectivity index (χ1) is 11.1. The number of amides is 1. The monoisotopic (exact) mass is 328 g/mol. The van der Waals surface area contributed by atoms with E-state index in [1.54, 1.807) is 29.5 Å². The molecule has 0 saturated carbocycles. The molecule has 1 aromatic carbocycles. The number of rotatable bonds is 3. The highest BCUT2D eigenvalue weighted by Crippen LogP contribution is 2.32. The van der Waals surface area contributed by atoms with Crippen molar-refractivity contribution in [3.05, 3.63) is 67.9 Å². The van der Waals surface area contributed by atoms with E-state index in [1.807, 2.05) is 11.8 Å². The third-order valence-electron chi connectivity index (χ3n) is 4.06. The van der Waals surface area contributed by atoms with Crippen molar-refractivity contribution < 1.29 is 9.72 Å². The molecule has 0 saturated heterocycles. The van der Waals surface area contributed by atoms with Gasteiger partial charge < -0.3 is 4.90 Å². The number of hydrogen-bond donors (Lipinski definition) is 0. The molecule has 6 heteroatoms.